The quantitative estimate of drug-likeness (QED) is 0.229. The zero-order valence-electron chi connectivity index (χ0n) is 16.6. The number of ketones is 1. The minimum absolute atomic E-state index is 0.00425. The summed E-state index contributed by atoms with van der Waals surface area (Å²) in [6.45, 7) is 0. The molecule has 7 nitrogen and oxygen atoms in total. The molecule has 1 aliphatic rings. The maximum absolute atomic E-state index is 13.2. The molecule has 0 spiro atoms. The number of hydrogen-bond donors (Lipinski definition) is 0. The highest BCUT2D eigenvalue weighted by molar-refractivity contribution is 6.13. The maximum Gasteiger partial charge on any atom is 0.513 e. The smallest absolute Gasteiger partial charge is 0.437 e. The van der Waals surface area contributed by atoms with E-state index in [0.717, 1.165) is 39.2 Å². The monoisotopic (exact) mass is 410 g/mol. The largest absolute Gasteiger partial charge is 0.513 e. The molecule has 0 aromatic heterocycles. The van der Waals surface area contributed by atoms with Crippen molar-refractivity contribution in [3.05, 3.63) is 59.2 Å². The zero-order chi connectivity index (χ0) is 21.5. The summed E-state index contributed by atoms with van der Waals surface area (Å²) in [5, 5.41) is 0. The first kappa shape index (κ1) is 21.2. The summed E-state index contributed by atoms with van der Waals surface area (Å²) in [7, 11) is 1.16. The average Bonchev–Trinajstić information content (AvgIpc) is 2.79. The topological polar surface area (TPSA) is 96.0 Å². The highest BCUT2D eigenvalue weighted by Crippen LogP contribution is 2.31. The van der Waals surface area contributed by atoms with Gasteiger partial charge in [0.1, 0.15) is 5.75 Å². The van der Waals surface area contributed by atoms with E-state index in [4.69, 9.17) is 9.47 Å². The molecule has 7 heteroatoms. The van der Waals surface area contributed by atoms with Crippen LogP contribution in [0.1, 0.15) is 58.4 Å². The van der Waals surface area contributed by atoms with Crippen molar-refractivity contribution in [1.29, 1.82) is 0 Å². The van der Waals surface area contributed by atoms with Crippen LogP contribution in [0.15, 0.2) is 42.5 Å². The van der Waals surface area contributed by atoms with E-state index in [0.29, 0.717) is 6.29 Å². The first-order chi connectivity index (χ1) is 14.5. The number of hydrogen-bond acceptors (Lipinski definition) is 7. The van der Waals surface area contributed by atoms with Crippen molar-refractivity contribution in [2.75, 3.05) is 7.11 Å². The van der Waals surface area contributed by atoms with Gasteiger partial charge in [0.05, 0.1) is 29.7 Å². The molecule has 0 atom stereocenters. The standard InChI is InChI=1S/C23H22O7/c1-28-23(27)29-19-13-6-5-11-17(19)20(25)18-12-7-10-16(14-24)21(18)30-22(26)15-8-3-2-4-9-15/h5-7,10-15H,2-4,8-9H2,1H3. The lowest BCUT2D eigenvalue weighted by Crippen LogP contribution is -2.24. The fraction of sp³-hybridized carbons (Fsp3) is 0.304. The fourth-order valence-corrected chi connectivity index (χ4v) is 3.48. The Bertz CT molecular complexity index is 958. The predicted octanol–water partition coefficient (Wildman–Crippen LogP) is 4.36. The third-order valence-corrected chi connectivity index (χ3v) is 5.05. The van der Waals surface area contributed by atoms with Crippen molar-refractivity contribution in [2.45, 2.75) is 32.1 Å². The van der Waals surface area contributed by atoms with Crippen LogP contribution in [0, 0.1) is 5.92 Å². The summed E-state index contributed by atoms with van der Waals surface area (Å²) < 4.78 is 15.1. The van der Waals surface area contributed by atoms with E-state index >= 15 is 0 Å². The van der Waals surface area contributed by atoms with Crippen molar-refractivity contribution in [3.8, 4) is 11.5 Å². The van der Waals surface area contributed by atoms with Gasteiger partial charge in [0.25, 0.3) is 0 Å². The molecular formula is C23H22O7. The molecule has 0 amide bonds. The van der Waals surface area contributed by atoms with E-state index in [2.05, 4.69) is 4.74 Å². The van der Waals surface area contributed by atoms with E-state index in [1.165, 1.54) is 30.3 Å². The Morgan fingerprint density at radius 2 is 1.60 bits per heavy atom. The fourth-order valence-electron chi connectivity index (χ4n) is 3.48. The van der Waals surface area contributed by atoms with Gasteiger partial charge in [-0.25, -0.2) is 4.79 Å². The number of benzene rings is 2. The number of para-hydroxylation sites is 2. The van der Waals surface area contributed by atoms with Crippen LogP contribution in [0.25, 0.3) is 0 Å². The van der Waals surface area contributed by atoms with Crippen LogP contribution in [0.4, 0.5) is 4.79 Å². The molecule has 0 unspecified atom stereocenters. The summed E-state index contributed by atoms with van der Waals surface area (Å²) in [4.78, 5) is 49.0. The highest BCUT2D eigenvalue weighted by atomic mass is 16.7. The number of carbonyl (C=O) groups is 4. The third-order valence-electron chi connectivity index (χ3n) is 5.05. The summed E-state index contributed by atoms with van der Waals surface area (Å²) in [5.41, 5.74) is 0.196. The van der Waals surface area contributed by atoms with Gasteiger partial charge in [-0.1, -0.05) is 37.5 Å². The average molecular weight is 410 g/mol. The summed E-state index contributed by atoms with van der Waals surface area (Å²) in [6.07, 6.45) is 3.98. The van der Waals surface area contributed by atoms with E-state index in [1.807, 2.05) is 0 Å². The van der Waals surface area contributed by atoms with Crippen LogP contribution in [-0.4, -0.2) is 31.3 Å². The normalized spacial score (nSPS) is 13.9. The van der Waals surface area contributed by atoms with Gasteiger partial charge in [-0.15, -0.1) is 0 Å². The Morgan fingerprint density at radius 1 is 0.900 bits per heavy atom. The van der Waals surface area contributed by atoms with Gasteiger partial charge in [0.2, 0.25) is 5.78 Å². The molecule has 1 aliphatic carbocycles. The maximum atomic E-state index is 13.2. The minimum atomic E-state index is -0.971. The van der Waals surface area contributed by atoms with Crippen molar-refractivity contribution < 1.29 is 33.4 Å². The highest BCUT2D eigenvalue weighted by Gasteiger charge is 2.27. The van der Waals surface area contributed by atoms with Crippen molar-refractivity contribution >= 4 is 24.2 Å². The van der Waals surface area contributed by atoms with Crippen molar-refractivity contribution in [1.82, 2.24) is 0 Å². The molecule has 0 heterocycles. The predicted molar refractivity (Wildman–Crippen MR) is 107 cm³/mol. The molecule has 0 bridgehead atoms. The minimum Gasteiger partial charge on any atom is -0.437 e. The lowest BCUT2D eigenvalue weighted by Gasteiger charge is -2.21. The molecule has 0 aliphatic heterocycles. The second kappa shape index (κ2) is 9.82. The van der Waals surface area contributed by atoms with Crippen LogP contribution in [0.3, 0.4) is 0 Å². The van der Waals surface area contributed by atoms with Crippen LogP contribution in [0.5, 0.6) is 11.5 Å². The van der Waals surface area contributed by atoms with Gasteiger partial charge in [-0.05, 0) is 37.1 Å². The Labute approximate surface area is 173 Å². The molecule has 0 saturated heterocycles. The van der Waals surface area contributed by atoms with E-state index < -0.39 is 17.9 Å². The van der Waals surface area contributed by atoms with Gasteiger partial charge in [0.15, 0.2) is 12.0 Å². The van der Waals surface area contributed by atoms with E-state index in [1.54, 1.807) is 12.1 Å². The number of ether oxygens (including phenoxy) is 3. The number of aldehydes is 1. The Morgan fingerprint density at radius 3 is 2.30 bits per heavy atom. The zero-order valence-corrected chi connectivity index (χ0v) is 16.6. The number of esters is 1. The molecule has 30 heavy (non-hydrogen) atoms. The number of methoxy groups -OCH3 is 1. The van der Waals surface area contributed by atoms with Gasteiger partial charge in [0, 0.05) is 0 Å². The molecule has 2 aromatic carbocycles. The lowest BCUT2D eigenvalue weighted by atomic mass is 9.89. The second-order valence-corrected chi connectivity index (χ2v) is 6.98. The first-order valence-electron chi connectivity index (χ1n) is 9.74. The Hall–Kier alpha value is -3.48. The molecule has 2 aromatic rings. The summed E-state index contributed by atoms with van der Waals surface area (Å²) in [5.74, 6) is -1.34. The van der Waals surface area contributed by atoms with Crippen LogP contribution in [-0.2, 0) is 9.53 Å². The summed E-state index contributed by atoms with van der Waals surface area (Å²) in [6, 6.07) is 10.6. The van der Waals surface area contributed by atoms with Gasteiger partial charge in [-0.3, -0.25) is 14.4 Å². The molecule has 3 rings (SSSR count). The summed E-state index contributed by atoms with van der Waals surface area (Å²) >= 11 is 0. The lowest BCUT2D eigenvalue weighted by molar-refractivity contribution is -0.140. The van der Waals surface area contributed by atoms with Gasteiger partial charge >= 0.3 is 12.1 Å². The van der Waals surface area contributed by atoms with Gasteiger partial charge < -0.3 is 14.2 Å². The van der Waals surface area contributed by atoms with E-state index in [9.17, 15) is 19.2 Å². The number of rotatable bonds is 6. The molecule has 0 N–H and O–H groups in total. The van der Waals surface area contributed by atoms with Crippen LogP contribution >= 0.6 is 0 Å². The van der Waals surface area contributed by atoms with Crippen LogP contribution in [0.2, 0.25) is 0 Å². The third kappa shape index (κ3) is 4.74. The van der Waals surface area contributed by atoms with Crippen molar-refractivity contribution in [2.24, 2.45) is 5.92 Å². The number of carbonyl (C=O) groups excluding carboxylic acids is 4. The van der Waals surface area contributed by atoms with Crippen molar-refractivity contribution in [3.63, 3.8) is 0 Å². The molecule has 0 radical (unpaired) electrons. The SMILES string of the molecule is COC(=O)Oc1ccccc1C(=O)c1cccc(C=O)c1OC(=O)C1CCCCC1. The molecule has 1 saturated carbocycles. The Balaban J connectivity index is 1.96. The van der Waals surface area contributed by atoms with Crippen LogP contribution < -0.4 is 9.47 Å². The molecule has 156 valence electrons. The second-order valence-electron chi connectivity index (χ2n) is 6.98. The Kier molecular flexibility index (Phi) is 6.95. The van der Waals surface area contributed by atoms with Gasteiger partial charge in [-0.2, -0.15) is 0 Å². The molecule has 1 fully saturated rings. The molecular weight excluding hydrogens is 388 g/mol. The first-order valence-corrected chi connectivity index (χ1v) is 9.74. The van der Waals surface area contributed by atoms with E-state index in [-0.39, 0.29) is 34.1 Å².